The Labute approximate surface area is 187 Å². The molecule has 3 fully saturated rings. The molecule has 1 heteroatoms. The Morgan fingerprint density at radius 1 is 0.967 bits per heavy atom. The smallest absolute Gasteiger partial charge is 0.0543 e. The lowest BCUT2D eigenvalue weighted by Gasteiger charge is -2.57. The fourth-order valence-corrected chi connectivity index (χ4v) is 9.15. The van der Waals surface area contributed by atoms with Crippen LogP contribution in [0.4, 0.5) is 0 Å². The quantitative estimate of drug-likeness (QED) is 0.436. The second-order valence-electron chi connectivity index (χ2n) is 12.9. The number of rotatable bonds is 6. The first-order valence-corrected chi connectivity index (χ1v) is 13.6. The zero-order chi connectivity index (χ0) is 21.7. The molecule has 2 unspecified atom stereocenters. The maximum Gasteiger partial charge on any atom is 0.0543 e. The van der Waals surface area contributed by atoms with Crippen LogP contribution in [-0.2, 0) is 0 Å². The lowest BCUT2D eigenvalue weighted by atomic mass is 9.47. The van der Waals surface area contributed by atoms with E-state index >= 15 is 0 Å². The van der Waals surface area contributed by atoms with E-state index in [1.54, 1.807) is 0 Å². The maximum atomic E-state index is 10.3. The van der Waals surface area contributed by atoms with Crippen LogP contribution in [0.25, 0.3) is 0 Å². The summed E-state index contributed by atoms with van der Waals surface area (Å²) < 4.78 is 0. The molecule has 1 N–H and O–H groups in total. The van der Waals surface area contributed by atoms with Crippen molar-refractivity contribution in [2.75, 3.05) is 0 Å². The van der Waals surface area contributed by atoms with Crippen molar-refractivity contribution in [3.05, 3.63) is 11.6 Å². The number of hydrogen-bond donors (Lipinski definition) is 1. The molecule has 0 amide bonds. The van der Waals surface area contributed by atoms with E-state index in [4.69, 9.17) is 0 Å². The average Bonchev–Trinajstić information content (AvgIpc) is 3.06. The molecular weight excluding hydrogens is 364 g/mol. The van der Waals surface area contributed by atoms with Crippen molar-refractivity contribution in [2.45, 2.75) is 118 Å². The minimum absolute atomic E-state index is 0.0404. The zero-order valence-electron chi connectivity index (χ0n) is 20.9. The van der Waals surface area contributed by atoms with E-state index in [9.17, 15) is 5.11 Å². The number of allylic oxidation sites excluding steroid dienone is 2. The van der Waals surface area contributed by atoms with Crippen molar-refractivity contribution in [3.63, 3.8) is 0 Å². The summed E-state index contributed by atoms with van der Waals surface area (Å²) in [6.45, 7) is 15.1. The van der Waals surface area contributed by atoms with Gasteiger partial charge in [0.05, 0.1) is 6.10 Å². The maximum absolute atomic E-state index is 10.3. The molecular formula is C29H50O. The highest BCUT2D eigenvalue weighted by Crippen LogP contribution is 2.67. The van der Waals surface area contributed by atoms with E-state index in [2.05, 4.69) is 47.6 Å². The first-order chi connectivity index (χ1) is 14.2. The average molecular weight is 415 g/mol. The van der Waals surface area contributed by atoms with E-state index in [-0.39, 0.29) is 6.10 Å². The highest BCUT2D eigenvalue weighted by atomic mass is 16.3. The molecule has 0 aliphatic heterocycles. The molecule has 172 valence electrons. The Balaban J connectivity index is 1.48. The van der Waals surface area contributed by atoms with Crippen LogP contribution in [0, 0.1) is 52.3 Å². The minimum Gasteiger partial charge on any atom is -0.393 e. The first kappa shape index (κ1) is 22.9. The van der Waals surface area contributed by atoms with Crippen molar-refractivity contribution < 1.29 is 5.11 Å². The van der Waals surface area contributed by atoms with Crippen LogP contribution in [0.5, 0.6) is 0 Å². The third-order valence-electron chi connectivity index (χ3n) is 11.3. The number of fused-ring (bicyclic) bond motifs is 5. The van der Waals surface area contributed by atoms with E-state index in [1.165, 1.54) is 57.8 Å². The van der Waals surface area contributed by atoms with Gasteiger partial charge in [0.15, 0.2) is 0 Å². The van der Waals surface area contributed by atoms with Crippen LogP contribution in [0.15, 0.2) is 11.6 Å². The fourth-order valence-electron chi connectivity index (χ4n) is 9.15. The topological polar surface area (TPSA) is 20.2 Å². The summed E-state index contributed by atoms with van der Waals surface area (Å²) in [5.41, 5.74) is 2.88. The highest BCUT2D eigenvalue weighted by molar-refractivity contribution is 5.27. The van der Waals surface area contributed by atoms with Gasteiger partial charge in [-0.05, 0) is 110 Å². The summed E-state index contributed by atoms with van der Waals surface area (Å²) in [6.07, 6.45) is 17.2. The van der Waals surface area contributed by atoms with Gasteiger partial charge in [0.25, 0.3) is 0 Å². The molecule has 3 saturated carbocycles. The molecule has 0 bridgehead atoms. The van der Waals surface area contributed by atoms with Crippen LogP contribution < -0.4 is 0 Å². The standard InChI is InChI=1S/C29H50O/c1-7-21(19(2)3)9-8-20(4)25-12-13-26-24-11-10-22-18-23(30)14-16-28(22,5)27(24)15-17-29(25,26)6/h11,19-23,25-27,30H,7-10,12-18H2,1-6H3/t20-,21+,22+,23+,25-,26?,27?,28+,29-/m1/s1. The molecule has 4 aliphatic rings. The summed E-state index contributed by atoms with van der Waals surface area (Å²) in [5, 5.41) is 10.3. The second-order valence-corrected chi connectivity index (χ2v) is 12.9. The lowest BCUT2D eigenvalue weighted by molar-refractivity contribution is -0.0428. The Morgan fingerprint density at radius 3 is 2.37 bits per heavy atom. The van der Waals surface area contributed by atoms with E-state index in [0.717, 1.165) is 54.3 Å². The summed E-state index contributed by atoms with van der Waals surface area (Å²) in [4.78, 5) is 0. The third kappa shape index (κ3) is 3.74. The van der Waals surface area contributed by atoms with Gasteiger partial charge in [0, 0.05) is 0 Å². The number of hydrogen-bond acceptors (Lipinski definition) is 1. The van der Waals surface area contributed by atoms with Gasteiger partial charge in [0.1, 0.15) is 0 Å². The monoisotopic (exact) mass is 414 g/mol. The van der Waals surface area contributed by atoms with Crippen LogP contribution in [0.2, 0.25) is 0 Å². The summed E-state index contributed by atoms with van der Waals surface area (Å²) >= 11 is 0. The fraction of sp³-hybridized carbons (Fsp3) is 0.931. The van der Waals surface area contributed by atoms with Crippen LogP contribution >= 0.6 is 0 Å². The summed E-state index contributed by atoms with van der Waals surface area (Å²) in [5.74, 6) is 5.92. The molecule has 30 heavy (non-hydrogen) atoms. The van der Waals surface area contributed by atoms with Crippen LogP contribution in [0.1, 0.15) is 112 Å². The van der Waals surface area contributed by atoms with Crippen LogP contribution in [-0.4, -0.2) is 11.2 Å². The van der Waals surface area contributed by atoms with E-state index in [1.807, 2.05) is 5.57 Å². The van der Waals surface area contributed by atoms with Gasteiger partial charge < -0.3 is 5.11 Å². The van der Waals surface area contributed by atoms with Crippen molar-refractivity contribution in [3.8, 4) is 0 Å². The van der Waals surface area contributed by atoms with E-state index < -0.39 is 0 Å². The second kappa shape index (κ2) is 8.57. The SMILES string of the molecule is CC[C@@H](CC[C@@H](C)[C@H]1CCC2C3=CC[C@H]4C[C@@H](O)CC[C@]4(C)C3CC[C@@]21C)C(C)C. The normalized spacial score (nSPS) is 45.3. The molecule has 1 nitrogen and oxygen atoms in total. The van der Waals surface area contributed by atoms with Gasteiger partial charge in [0.2, 0.25) is 0 Å². The molecule has 0 aromatic carbocycles. The molecule has 0 aromatic rings. The number of aliphatic hydroxyl groups is 1. The lowest BCUT2D eigenvalue weighted by Crippen LogP contribution is -2.49. The summed E-state index contributed by atoms with van der Waals surface area (Å²) in [6, 6.07) is 0. The molecule has 4 aliphatic carbocycles. The number of aliphatic hydroxyl groups excluding tert-OH is 1. The van der Waals surface area contributed by atoms with Gasteiger partial charge in [-0.3, -0.25) is 0 Å². The Bertz CT molecular complexity index is 634. The molecule has 0 aromatic heterocycles. The van der Waals surface area contributed by atoms with Crippen molar-refractivity contribution in [1.29, 1.82) is 0 Å². The molecule has 0 heterocycles. The third-order valence-corrected chi connectivity index (χ3v) is 11.3. The molecule has 0 spiro atoms. The summed E-state index contributed by atoms with van der Waals surface area (Å²) in [7, 11) is 0. The first-order valence-electron chi connectivity index (χ1n) is 13.6. The van der Waals surface area contributed by atoms with Crippen molar-refractivity contribution in [1.82, 2.24) is 0 Å². The Kier molecular flexibility index (Phi) is 6.53. The van der Waals surface area contributed by atoms with Gasteiger partial charge in [-0.1, -0.05) is 66.0 Å². The minimum atomic E-state index is -0.0404. The van der Waals surface area contributed by atoms with E-state index in [0.29, 0.717) is 10.8 Å². The predicted molar refractivity (Wildman–Crippen MR) is 128 cm³/mol. The van der Waals surface area contributed by atoms with Crippen molar-refractivity contribution >= 4 is 0 Å². The predicted octanol–water partition coefficient (Wildman–Crippen LogP) is 8.02. The molecule has 0 saturated heterocycles. The zero-order valence-corrected chi connectivity index (χ0v) is 20.9. The Morgan fingerprint density at radius 2 is 1.67 bits per heavy atom. The molecule has 0 radical (unpaired) electrons. The highest BCUT2D eigenvalue weighted by Gasteiger charge is 2.58. The molecule has 4 rings (SSSR count). The van der Waals surface area contributed by atoms with Gasteiger partial charge in [-0.2, -0.15) is 0 Å². The van der Waals surface area contributed by atoms with Gasteiger partial charge in [-0.15, -0.1) is 0 Å². The van der Waals surface area contributed by atoms with Gasteiger partial charge >= 0.3 is 0 Å². The Hall–Kier alpha value is -0.300. The largest absolute Gasteiger partial charge is 0.393 e. The van der Waals surface area contributed by atoms with Crippen molar-refractivity contribution in [2.24, 2.45) is 52.3 Å². The van der Waals surface area contributed by atoms with Gasteiger partial charge in [-0.25, -0.2) is 0 Å². The van der Waals surface area contributed by atoms with Crippen LogP contribution in [0.3, 0.4) is 0 Å². The molecule has 9 atom stereocenters.